The van der Waals surface area contributed by atoms with E-state index < -0.39 is 0 Å². The molecule has 0 aromatic heterocycles. The van der Waals surface area contributed by atoms with Crippen molar-refractivity contribution in [3.8, 4) is 0 Å². The van der Waals surface area contributed by atoms with Gasteiger partial charge in [-0.15, -0.1) is 0 Å². The maximum Gasteiger partial charge on any atom is 0.138 e. The van der Waals surface area contributed by atoms with Gasteiger partial charge in [0.2, 0.25) is 0 Å². The highest BCUT2D eigenvalue weighted by Crippen LogP contribution is 2.55. The third-order valence-corrected chi connectivity index (χ3v) is 3.65. The smallest absolute Gasteiger partial charge is 0.138 e. The SMILES string of the molecule is CC(C)(C)C(=O)CC1CC2CC2C1. The Hall–Kier alpha value is -0.330. The van der Waals surface area contributed by atoms with E-state index in [2.05, 4.69) is 0 Å². The van der Waals surface area contributed by atoms with Gasteiger partial charge in [0.25, 0.3) is 0 Å². The minimum Gasteiger partial charge on any atom is -0.299 e. The second-order valence-corrected chi connectivity index (χ2v) is 5.97. The van der Waals surface area contributed by atoms with Crippen LogP contribution in [0, 0.1) is 23.2 Å². The molecule has 2 fully saturated rings. The van der Waals surface area contributed by atoms with Crippen molar-refractivity contribution in [2.75, 3.05) is 0 Å². The number of ketones is 1. The first kappa shape index (κ1) is 9.23. The fourth-order valence-electron chi connectivity index (χ4n) is 2.58. The Morgan fingerprint density at radius 1 is 1.15 bits per heavy atom. The van der Waals surface area contributed by atoms with Crippen LogP contribution in [0.15, 0.2) is 0 Å². The summed E-state index contributed by atoms with van der Waals surface area (Å²) in [4.78, 5) is 11.7. The summed E-state index contributed by atoms with van der Waals surface area (Å²) in [6, 6.07) is 0. The lowest BCUT2D eigenvalue weighted by molar-refractivity contribution is -0.127. The lowest BCUT2D eigenvalue weighted by Crippen LogP contribution is -2.22. The molecule has 0 N–H and O–H groups in total. The number of fused-ring (bicyclic) bond motifs is 1. The van der Waals surface area contributed by atoms with Gasteiger partial charge in [-0.05, 0) is 37.0 Å². The molecule has 2 aliphatic rings. The fraction of sp³-hybridized carbons (Fsp3) is 0.917. The van der Waals surface area contributed by atoms with Crippen LogP contribution in [0.3, 0.4) is 0 Å². The summed E-state index contributed by atoms with van der Waals surface area (Å²) in [5.74, 6) is 3.21. The molecule has 13 heavy (non-hydrogen) atoms. The predicted octanol–water partition coefficient (Wildman–Crippen LogP) is 3.04. The number of hydrogen-bond donors (Lipinski definition) is 0. The number of hydrogen-bond acceptors (Lipinski definition) is 1. The summed E-state index contributed by atoms with van der Waals surface area (Å²) >= 11 is 0. The Kier molecular flexibility index (Phi) is 2.01. The highest BCUT2D eigenvalue weighted by atomic mass is 16.1. The van der Waals surface area contributed by atoms with E-state index in [4.69, 9.17) is 0 Å². The van der Waals surface area contributed by atoms with Gasteiger partial charge in [0.15, 0.2) is 0 Å². The third-order valence-electron chi connectivity index (χ3n) is 3.65. The van der Waals surface area contributed by atoms with E-state index in [1.165, 1.54) is 19.3 Å². The van der Waals surface area contributed by atoms with Crippen molar-refractivity contribution in [1.29, 1.82) is 0 Å². The van der Waals surface area contributed by atoms with E-state index in [1.54, 1.807) is 0 Å². The highest BCUT2D eigenvalue weighted by molar-refractivity contribution is 5.83. The topological polar surface area (TPSA) is 17.1 Å². The van der Waals surface area contributed by atoms with Gasteiger partial charge in [-0.25, -0.2) is 0 Å². The first-order valence-corrected chi connectivity index (χ1v) is 5.50. The molecule has 0 heterocycles. The van der Waals surface area contributed by atoms with Gasteiger partial charge < -0.3 is 0 Å². The van der Waals surface area contributed by atoms with E-state index in [0.717, 1.165) is 24.2 Å². The summed E-state index contributed by atoms with van der Waals surface area (Å²) < 4.78 is 0. The van der Waals surface area contributed by atoms with Crippen LogP contribution in [0.2, 0.25) is 0 Å². The van der Waals surface area contributed by atoms with Crippen LogP contribution in [0.1, 0.15) is 46.5 Å². The van der Waals surface area contributed by atoms with Gasteiger partial charge in [0.1, 0.15) is 5.78 Å². The second-order valence-electron chi connectivity index (χ2n) is 5.97. The fourth-order valence-corrected chi connectivity index (χ4v) is 2.58. The molecule has 0 aromatic carbocycles. The Bertz CT molecular complexity index is 214. The molecule has 2 aliphatic carbocycles. The number of carbonyl (C=O) groups is 1. The highest BCUT2D eigenvalue weighted by Gasteiger charge is 2.46. The Morgan fingerprint density at radius 2 is 1.69 bits per heavy atom. The van der Waals surface area contributed by atoms with E-state index in [1.807, 2.05) is 20.8 Å². The lowest BCUT2D eigenvalue weighted by Gasteiger charge is -2.19. The van der Waals surface area contributed by atoms with Gasteiger partial charge in [-0.2, -0.15) is 0 Å². The average Bonchev–Trinajstić information content (AvgIpc) is 2.57. The molecule has 74 valence electrons. The number of carbonyl (C=O) groups excluding carboxylic acids is 1. The van der Waals surface area contributed by atoms with Gasteiger partial charge in [-0.1, -0.05) is 20.8 Å². The average molecular weight is 180 g/mol. The number of rotatable bonds is 2. The van der Waals surface area contributed by atoms with Crippen LogP contribution < -0.4 is 0 Å². The van der Waals surface area contributed by atoms with Crippen molar-refractivity contribution < 1.29 is 4.79 Å². The van der Waals surface area contributed by atoms with Crippen molar-refractivity contribution in [2.24, 2.45) is 23.2 Å². The molecule has 0 spiro atoms. The lowest BCUT2D eigenvalue weighted by atomic mass is 9.84. The van der Waals surface area contributed by atoms with Crippen molar-refractivity contribution in [3.05, 3.63) is 0 Å². The zero-order valence-corrected chi connectivity index (χ0v) is 8.97. The normalized spacial score (nSPS) is 37.3. The molecule has 0 saturated heterocycles. The monoisotopic (exact) mass is 180 g/mol. The Morgan fingerprint density at radius 3 is 2.15 bits per heavy atom. The van der Waals surface area contributed by atoms with Crippen LogP contribution in [0.5, 0.6) is 0 Å². The van der Waals surface area contributed by atoms with Gasteiger partial charge in [0.05, 0.1) is 0 Å². The Balaban J connectivity index is 1.81. The molecule has 0 radical (unpaired) electrons. The molecule has 2 saturated carbocycles. The molecule has 2 atom stereocenters. The second kappa shape index (κ2) is 2.83. The molecule has 2 unspecified atom stereocenters. The van der Waals surface area contributed by atoms with Crippen molar-refractivity contribution in [2.45, 2.75) is 46.5 Å². The predicted molar refractivity (Wildman–Crippen MR) is 53.4 cm³/mol. The third kappa shape index (κ3) is 1.95. The molecular formula is C12H20O. The summed E-state index contributed by atoms with van der Waals surface area (Å²) in [5, 5.41) is 0. The van der Waals surface area contributed by atoms with E-state index in [9.17, 15) is 4.79 Å². The van der Waals surface area contributed by atoms with E-state index in [0.29, 0.717) is 5.78 Å². The Labute approximate surface area is 80.9 Å². The van der Waals surface area contributed by atoms with Crippen LogP contribution in [0.25, 0.3) is 0 Å². The number of Topliss-reactive ketones (excluding diaryl/α,β-unsaturated/α-hetero) is 1. The molecule has 1 nitrogen and oxygen atoms in total. The molecule has 0 amide bonds. The maximum absolute atomic E-state index is 11.7. The molecule has 0 aliphatic heterocycles. The van der Waals surface area contributed by atoms with E-state index in [-0.39, 0.29) is 5.41 Å². The summed E-state index contributed by atoms with van der Waals surface area (Å²) in [6.45, 7) is 6.10. The van der Waals surface area contributed by atoms with Crippen molar-refractivity contribution in [1.82, 2.24) is 0 Å². The maximum atomic E-state index is 11.7. The molecule has 0 aromatic rings. The van der Waals surface area contributed by atoms with Gasteiger partial charge in [-0.3, -0.25) is 4.79 Å². The molecule has 1 heteroatoms. The summed E-state index contributed by atoms with van der Waals surface area (Å²) in [5.41, 5.74) is -0.118. The zero-order valence-electron chi connectivity index (χ0n) is 8.97. The van der Waals surface area contributed by atoms with Gasteiger partial charge in [0, 0.05) is 11.8 Å². The van der Waals surface area contributed by atoms with Crippen LogP contribution in [-0.2, 0) is 4.79 Å². The largest absolute Gasteiger partial charge is 0.299 e. The minimum atomic E-state index is -0.118. The first-order valence-electron chi connectivity index (χ1n) is 5.50. The van der Waals surface area contributed by atoms with Crippen LogP contribution >= 0.6 is 0 Å². The molecule has 0 bridgehead atoms. The van der Waals surface area contributed by atoms with Crippen molar-refractivity contribution >= 4 is 5.78 Å². The molecule has 2 rings (SSSR count). The first-order chi connectivity index (χ1) is 5.97. The van der Waals surface area contributed by atoms with Crippen molar-refractivity contribution in [3.63, 3.8) is 0 Å². The minimum absolute atomic E-state index is 0.118. The quantitative estimate of drug-likeness (QED) is 0.638. The van der Waals surface area contributed by atoms with Gasteiger partial charge >= 0.3 is 0 Å². The molecular weight excluding hydrogens is 160 g/mol. The standard InChI is InChI=1S/C12H20O/c1-12(2,3)11(13)6-8-4-9-7-10(9)5-8/h8-10H,4-7H2,1-3H3. The van der Waals surface area contributed by atoms with E-state index >= 15 is 0 Å². The summed E-state index contributed by atoms with van der Waals surface area (Å²) in [7, 11) is 0. The zero-order chi connectivity index (χ0) is 9.64. The summed E-state index contributed by atoms with van der Waals surface area (Å²) in [6.07, 6.45) is 4.98. The van der Waals surface area contributed by atoms with Crippen LogP contribution in [-0.4, -0.2) is 5.78 Å². The van der Waals surface area contributed by atoms with Crippen LogP contribution in [0.4, 0.5) is 0 Å².